The Hall–Kier alpha value is -3.15. The van der Waals surface area contributed by atoms with Crippen LogP contribution in [0.4, 0.5) is 10.9 Å². The Morgan fingerprint density at radius 1 is 1.32 bits per heavy atom. The molecule has 0 bridgehead atoms. The zero-order valence-corrected chi connectivity index (χ0v) is 18.4. The van der Waals surface area contributed by atoms with E-state index in [1.807, 2.05) is 17.5 Å². The predicted octanol–water partition coefficient (Wildman–Crippen LogP) is 4.59. The molecule has 0 aliphatic carbocycles. The molecule has 0 unspecified atom stereocenters. The maximum Gasteiger partial charge on any atom is 0.229 e. The monoisotopic (exact) mass is 453 g/mol. The predicted molar refractivity (Wildman–Crippen MR) is 122 cm³/mol. The van der Waals surface area contributed by atoms with Gasteiger partial charge >= 0.3 is 0 Å². The second-order valence-electron chi connectivity index (χ2n) is 7.15. The molecule has 2 aromatic heterocycles. The standard InChI is InChI=1S/C22H20ClN5O2S/c1-30-19-4-3-16(10-17(19)23)18-13-31-22(26-18)27-21(29)15-6-8-28(9-7-15)20-5-2-14(11-24)12-25-20/h2-5,10,12-13,15H,6-9H2,1H3,(H,26,27,29). The number of halogens is 1. The zero-order valence-electron chi connectivity index (χ0n) is 16.8. The summed E-state index contributed by atoms with van der Waals surface area (Å²) in [6, 6.07) is 11.2. The van der Waals surface area contributed by atoms with E-state index >= 15 is 0 Å². The first-order chi connectivity index (χ1) is 15.1. The average molecular weight is 454 g/mol. The summed E-state index contributed by atoms with van der Waals surface area (Å²) in [7, 11) is 1.57. The molecule has 4 rings (SSSR count). The van der Waals surface area contributed by atoms with Gasteiger partial charge in [0.15, 0.2) is 5.13 Å². The number of carbonyl (C=O) groups is 1. The number of aromatic nitrogens is 2. The number of carbonyl (C=O) groups excluding carboxylic acids is 1. The largest absolute Gasteiger partial charge is 0.495 e. The van der Waals surface area contributed by atoms with Gasteiger partial charge in [0.05, 0.1) is 23.4 Å². The number of thiazole rings is 1. The van der Waals surface area contributed by atoms with E-state index in [-0.39, 0.29) is 11.8 Å². The van der Waals surface area contributed by atoms with Crippen molar-refractivity contribution in [3.8, 4) is 23.1 Å². The number of pyridine rings is 1. The second kappa shape index (κ2) is 9.33. The van der Waals surface area contributed by atoms with E-state index < -0.39 is 0 Å². The molecule has 31 heavy (non-hydrogen) atoms. The van der Waals surface area contributed by atoms with Crippen molar-refractivity contribution in [1.82, 2.24) is 9.97 Å². The molecular weight excluding hydrogens is 434 g/mol. The lowest BCUT2D eigenvalue weighted by atomic mass is 9.96. The Kier molecular flexibility index (Phi) is 6.35. The van der Waals surface area contributed by atoms with Gasteiger partial charge in [-0.3, -0.25) is 4.79 Å². The number of nitrogens with one attached hydrogen (secondary N) is 1. The van der Waals surface area contributed by atoms with Crippen LogP contribution in [-0.4, -0.2) is 36.1 Å². The summed E-state index contributed by atoms with van der Waals surface area (Å²) in [5.41, 5.74) is 2.16. The van der Waals surface area contributed by atoms with Crippen LogP contribution in [0.15, 0.2) is 41.9 Å². The molecule has 1 saturated heterocycles. The molecule has 0 saturated carbocycles. The normalized spacial score (nSPS) is 14.2. The van der Waals surface area contributed by atoms with Crippen LogP contribution in [0.25, 0.3) is 11.3 Å². The smallest absolute Gasteiger partial charge is 0.229 e. The Balaban J connectivity index is 1.34. The molecule has 0 radical (unpaired) electrons. The first-order valence-electron chi connectivity index (χ1n) is 9.79. The summed E-state index contributed by atoms with van der Waals surface area (Å²) in [4.78, 5) is 23.7. The van der Waals surface area contributed by atoms with E-state index in [1.165, 1.54) is 11.3 Å². The summed E-state index contributed by atoms with van der Waals surface area (Å²) in [5.74, 6) is 1.36. The topological polar surface area (TPSA) is 91.1 Å². The number of nitrogens with zero attached hydrogens (tertiary/aromatic N) is 4. The third kappa shape index (κ3) is 4.79. The fourth-order valence-electron chi connectivity index (χ4n) is 3.51. The van der Waals surface area contributed by atoms with Crippen LogP contribution in [0, 0.1) is 17.2 Å². The van der Waals surface area contributed by atoms with E-state index in [4.69, 9.17) is 21.6 Å². The summed E-state index contributed by atoms with van der Waals surface area (Å²) in [6.07, 6.45) is 3.05. The fourth-order valence-corrected chi connectivity index (χ4v) is 4.49. The molecule has 0 atom stereocenters. The van der Waals surface area contributed by atoms with E-state index in [9.17, 15) is 4.79 Å². The molecule has 1 amide bonds. The van der Waals surface area contributed by atoms with Crippen LogP contribution in [0.1, 0.15) is 18.4 Å². The fraction of sp³-hybridized carbons (Fsp3) is 0.273. The van der Waals surface area contributed by atoms with Gasteiger partial charge in [-0.1, -0.05) is 11.6 Å². The quantitative estimate of drug-likeness (QED) is 0.607. The van der Waals surface area contributed by atoms with E-state index in [0.717, 1.165) is 43.0 Å². The lowest BCUT2D eigenvalue weighted by molar-refractivity contribution is -0.120. The van der Waals surface area contributed by atoms with Crippen LogP contribution < -0.4 is 15.0 Å². The van der Waals surface area contributed by atoms with Crippen molar-refractivity contribution in [2.24, 2.45) is 5.92 Å². The van der Waals surface area contributed by atoms with Gasteiger partial charge in [0.25, 0.3) is 0 Å². The number of anilines is 2. The minimum absolute atomic E-state index is 0.0129. The van der Waals surface area contributed by atoms with Crippen molar-refractivity contribution in [1.29, 1.82) is 5.26 Å². The number of hydrogen-bond donors (Lipinski definition) is 1. The molecule has 7 nitrogen and oxygen atoms in total. The molecule has 158 valence electrons. The molecule has 3 aromatic rings. The van der Waals surface area contributed by atoms with Gasteiger partial charge in [0, 0.05) is 36.1 Å². The van der Waals surface area contributed by atoms with Crippen molar-refractivity contribution in [2.45, 2.75) is 12.8 Å². The minimum Gasteiger partial charge on any atom is -0.495 e. The Bertz CT molecular complexity index is 1120. The van der Waals surface area contributed by atoms with Crippen molar-refractivity contribution in [3.05, 3.63) is 52.5 Å². The number of ether oxygens (including phenoxy) is 1. The van der Waals surface area contributed by atoms with Gasteiger partial charge < -0.3 is 15.0 Å². The molecule has 0 spiro atoms. The highest BCUT2D eigenvalue weighted by molar-refractivity contribution is 7.14. The summed E-state index contributed by atoms with van der Waals surface area (Å²) in [5, 5.41) is 14.8. The Labute approximate surface area is 189 Å². The first kappa shape index (κ1) is 21.1. The van der Waals surface area contributed by atoms with Crippen molar-refractivity contribution in [3.63, 3.8) is 0 Å². The molecule has 9 heteroatoms. The maximum absolute atomic E-state index is 12.7. The van der Waals surface area contributed by atoms with Crippen LogP contribution in [-0.2, 0) is 4.79 Å². The number of benzene rings is 1. The third-order valence-corrected chi connectivity index (χ3v) is 6.30. The summed E-state index contributed by atoms with van der Waals surface area (Å²) < 4.78 is 5.18. The molecular formula is C22H20ClN5O2S. The maximum atomic E-state index is 12.7. The van der Waals surface area contributed by atoms with Crippen molar-refractivity contribution in [2.75, 3.05) is 30.4 Å². The van der Waals surface area contributed by atoms with Crippen LogP contribution >= 0.6 is 22.9 Å². The SMILES string of the molecule is COc1ccc(-c2csc(NC(=O)C3CCN(c4ccc(C#N)cn4)CC3)n2)cc1Cl. The van der Waals surface area contributed by atoms with Crippen molar-refractivity contribution < 1.29 is 9.53 Å². The molecule has 1 fully saturated rings. The zero-order chi connectivity index (χ0) is 21.8. The molecule has 1 aromatic carbocycles. The number of piperidine rings is 1. The number of amides is 1. The highest BCUT2D eigenvalue weighted by Crippen LogP contribution is 2.32. The highest BCUT2D eigenvalue weighted by Gasteiger charge is 2.26. The molecule has 3 heterocycles. The van der Waals surface area contributed by atoms with Crippen molar-refractivity contribution >= 4 is 39.8 Å². The van der Waals surface area contributed by atoms with Crippen LogP contribution in [0.3, 0.4) is 0 Å². The number of rotatable bonds is 5. The van der Waals surface area contributed by atoms with Crippen LogP contribution in [0.2, 0.25) is 5.02 Å². The van der Waals surface area contributed by atoms with Gasteiger partial charge in [-0.05, 0) is 43.2 Å². The van der Waals surface area contributed by atoms with E-state index in [1.54, 1.807) is 31.5 Å². The Morgan fingerprint density at radius 3 is 2.77 bits per heavy atom. The molecule has 1 N–H and O–H groups in total. The summed E-state index contributed by atoms with van der Waals surface area (Å²) >= 11 is 7.59. The van der Waals surface area contributed by atoms with Crippen LogP contribution in [0.5, 0.6) is 5.75 Å². The number of methoxy groups -OCH3 is 1. The average Bonchev–Trinajstić information content (AvgIpc) is 3.27. The van der Waals surface area contributed by atoms with Gasteiger partial charge in [0.1, 0.15) is 17.6 Å². The molecule has 1 aliphatic heterocycles. The van der Waals surface area contributed by atoms with Gasteiger partial charge in [-0.2, -0.15) is 5.26 Å². The lowest BCUT2D eigenvalue weighted by Gasteiger charge is -2.31. The minimum atomic E-state index is -0.0718. The summed E-state index contributed by atoms with van der Waals surface area (Å²) in [6.45, 7) is 1.48. The number of nitriles is 1. The molecule has 1 aliphatic rings. The Morgan fingerprint density at radius 2 is 2.13 bits per heavy atom. The first-order valence-corrected chi connectivity index (χ1v) is 11.0. The lowest BCUT2D eigenvalue weighted by Crippen LogP contribution is -2.38. The van der Waals surface area contributed by atoms with Gasteiger partial charge in [-0.25, -0.2) is 9.97 Å². The highest BCUT2D eigenvalue weighted by atomic mass is 35.5. The number of hydrogen-bond acceptors (Lipinski definition) is 7. The second-order valence-corrected chi connectivity index (χ2v) is 8.42. The van der Waals surface area contributed by atoms with Gasteiger partial charge in [-0.15, -0.1) is 11.3 Å². The third-order valence-electron chi connectivity index (χ3n) is 5.25. The van der Waals surface area contributed by atoms with E-state index in [0.29, 0.717) is 21.5 Å². The van der Waals surface area contributed by atoms with E-state index in [2.05, 4.69) is 26.3 Å². The van der Waals surface area contributed by atoms with Gasteiger partial charge in [0.2, 0.25) is 5.91 Å².